The quantitative estimate of drug-likeness (QED) is 0.817. The first-order valence-electron chi connectivity index (χ1n) is 5.82. The Kier molecular flexibility index (Phi) is 3.31. The molecule has 2 rings (SSSR count). The summed E-state index contributed by atoms with van der Waals surface area (Å²) in [4.78, 5) is 8.71. The summed E-state index contributed by atoms with van der Waals surface area (Å²) in [5, 5.41) is 3.54. The van der Waals surface area contributed by atoms with Crippen molar-refractivity contribution in [1.29, 1.82) is 0 Å². The monoisotopic (exact) mass is 205 g/mol. The van der Waals surface area contributed by atoms with E-state index in [2.05, 4.69) is 29.1 Å². The maximum atomic E-state index is 4.42. The van der Waals surface area contributed by atoms with Gasteiger partial charge in [0.25, 0.3) is 0 Å². The van der Waals surface area contributed by atoms with Crippen LogP contribution in [0.3, 0.4) is 0 Å². The first kappa shape index (κ1) is 10.6. The minimum atomic E-state index is 0.632. The lowest BCUT2D eigenvalue weighted by Gasteiger charge is -2.36. The average molecular weight is 205 g/mol. The van der Waals surface area contributed by atoms with Crippen molar-refractivity contribution in [3.05, 3.63) is 23.8 Å². The molecular formula is C12H19N3. The third-order valence-electron chi connectivity index (χ3n) is 3.13. The fraction of sp³-hybridized carbons (Fsp3) is 0.667. The Morgan fingerprint density at radius 3 is 2.73 bits per heavy atom. The second-order valence-corrected chi connectivity index (χ2v) is 4.35. The maximum absolute atomic E-state index is 4.42. The highest BCUT2D eigenvalue weighted by atomic mass is 14.9. The normalized spacial score (nSPS) is 24.9. The molecule has 0 amide bonds. The van der Waals surface area contributed by atoms with Gasteiger partial charge in [-0.2, -0.15) is 0 Å². The highest BCUT2D eigenvalue weighted by molar-refractivity contribution is 5.18. The van der Waals surface area contributed by atoms with Gasteiger partial charge in [-0.3, -0.25) is 9.97 Å². The molecular weight excluding hydrogens is 186 g/mol. The molecule has 3 nitrogen and oxygen atoms in total. The second-order valence-electron chi connectivity index (χ2n) is 4.35. The fourth-order valence-electron chi connectivity index (χ4n) is 2.18. The Bertz CT molecular complexity index is 318. The first-order valence-corrected chi connectivity index (χ1v) is 5.82. The van der Waals surface area contributed by atoms with Crippen LogP contribution in [0.15, 0.2) is 12.4 Å². The van der Waals surface area contributed by atoms with Gasteiger partial charge in [-0.25, -0.2) is 0 Å². The topological polar surface area (TPSA) is 37.8 Å². The fourth-order valence-corrected chi connectivity index (χ4v) is 2.18. The van der Waals surface area contributed by atoms with Crippen LogP contribution < -0.4 is 5.32 Å². The molecule has 1 fully saturated rings. The van der Waals surface area contributed by atoms with E-state index in [0.717, 1.165) is 12.2 Å². The van der Waals surface area contributed by atoms with Gasteiger partial charge < -0.3 is 5.32 Å². The summed E-state index contributed by atoms with van der Waals surface area (Å²) in [6.07, 6.45) is 7.23. The Balaban J connectivity index is 1.87. The summed E-state index contributed by atoms with van der Waals surface area (Å²) in [6, 6.07) is 0.705. The van der Waals surface area contributed by atoms with Crippen molar-refractivity contribution in [2.24, 2.45) is 0 Å². The largest absolute Gasteiger partial charge is 0.314 e. The summed E-state index contributed by atoms with van der Waals surface area (Å²) in [7, 11) is 0. The van der Waals surface area contributed by atoms with E-state index in [4.69, 9.17) is 0 Å². The molecule has 0 unspecified atom stereocenters. The average Bonchev–Trinajstić information content (AvgIpc) is 2.18. The Hall–Kier alpha value is -0.960. The number of nitrogens with one attached hydrogen (secondary N) is 1. The van der Waals surface area contributed by atoms with Crippen molar-refractivity contribution in [2.45, 2.75) is 45.1 Å². The third-order valence-corrected chi connectivity index (χ3v) is 3.13. The molecule has 0 spiro atoms. The maximum Gasteiger partial charge on any atom is 0.0647 e. The predicted octanol–water partition coefficient (Wildman–Crippen LogP) is 2.03. The summed E-state index contributed by atoms with van der Waals surface area (Å²) in [5.74, 6) is 0.632. The van der Waals surface area contributed by atoms with Crippen LogP contribution in [0.25, 0.3) is 0 Å². The van der Waals surface area contributed by atoms with Crippen molar-refractivity contribution in [3.8, 4) is 0 Å². The van der Waals surface area contributed by atoms with Crippen molar-refractivity contribution in [2.75, 3.05) is 6.54 Å². The number of aryl methyl sites for hydroxylation is 1. The molecule has 1 aliphatic carbocycles. The molecule has 1 aromatic heterocycles. The molecule has 3 heteroatoms. The van der Waals surface area contributed by atoms with Gasteiger partial charge in [-0.15, -0.1) is 0 Å². The number of aromatic nitrogens is 2. The van der Waals surface area contributed by atoms with E-state index in [1.54, 1.807) is 12.4 Å². The van der Waals surface area contributed by atoms with Crippen LogP contribution in [-0.2, 0) is 0 Å². The van der Waals surface area contributed by atoms with Gasteiger partial charge in [0.05, 0.1) is 11.4 Å². The minimum absolute atomic E-state index is 0.632. The highest BCUT2D eigenvalue weighted by Crippen LogP contribution is 2.36. The SMILES string of the molecule is CCCNC1CC(c2nccnc2C)C1. The van der Waals surface area contributed by atoms with Crippen LogP contribution >= 0.6 is 0 Å². The van der Waals surface area contributed by atoms with E-state index in [-0.39, 0.29) is 0 Å². The zero-order chi connectivity index (χ0) is 10.7. The third kappa shape index (κ3) is 2.34. The molecule has 0 saturated heterocycles. The van der Waals surface area contributed by atoms with Crippen LogP contribution in [0, 0.1) is 6.92 Å². The molecule has 0 bridgehead atoms. The number of hydrogen-bond acceptors (Lipinski definition) is 3. The van der Waals surface area contributed by atoms with Gasteiger partial charge in [0.2, 0.25) is 0 Å². The van der Waals surface area contributed by atoms with Crippen molar-refractivity contribution in [1.82, 2.24) is 15.3 Å². The van der Waals surface area contributed by atoms with Gasteiger partial charge in [-0.05, 0) is 32.7 Å². The van der Waals surface area contributed by atoms with Gasteiger partial charge in [0, 0.05) is 24.4 Å². The molecule has 0 radical (unpaired) electrons. The van der Waals surface area contributed by atoms with Crippen LogP contribution in [0.1, 0.15) is 43.5 Å². The molecule has 82 valence electrons. The first-order chi connectivity index (χ1) is 7.31. The van der Waals surface area contributed by atoms with E-state index >= 15 is 0 Å². The predicted molar refractivity (Wildman–Crippen MR) is 60.8 cm³/mol. The lowest BCUT2D eigenvalue weighted by atomic mass is 9.77. The van der Waals surface area contributed by atoms with Gasteiger partial charge >= 0.3 is 0 Å². The van der Waals surface area contributed by atoms with Crippen molar-refractivity contribution < 1.29 is 0 Å². The van der Waals surface area contributed by atoms with Crippen molar-refractivity contribution in [3.63, 3.8) is 0 Å². The van der Waals surface area contributed by atoms with Crippen molar-refractivity contribution >= 4 is 0 Å². The molecule has 0 aliphatic heterocycles. The zero-order valence-corrected chi connectivity index (χ0v) is 9.53. The summed E-state index contributed by atoms with van der Waals surface area (Å²) < 4.78 is 0. The zero-order valence-electron chi connectivity index (χ0n) is 9.53. The highest BCUT2D eigenvalue weighted by Gasteiger charge is 2.31. The van der Waals surface area contributed by atoms with E-state index < -0.39 is 0 Å². The standard InChI is InChI=1S/C12H19N3/c1-3-4-14-11-7-10(8-11)12-9(2)13-5-6-15-12/h5-6,10-11,14H,3-4,7-8H2,1-2H3. The van der Waals surface area contributed by atoms with Gasteiger partial charge in [-0.1, -0.05) is 6.92 Å². The molecule has 1 heterocycles. The number of nitrogens with zero attached hydrogens (tertiary/aromatic N) is 2. The molecule has 1 aliphatic rings. The minimum Gasteiger partial charge on any atom is -0.314 e. The van der Waals surface area contributed by atoms with E-state index in [1.807, 2.05) is 0 Å². The second kappa shape index (κ2) is 4.71. The van der Waals surface area contributed by atoms with Crippen LogP contribution in [-0.4, -0.2) is 22.6 Å². The lowest BCUT2D eigenvalue weighted by Crippen LogP contribution is -2.40. The molecule has 1 saturated carbocycles. The molecule has 15 heavy (non-hydrogen) atoms. The van der Waals surface area contributed by atoms with Gasteiger partial charge in [0.15, 0.2) is 0 Å². The Morgan fingerprint density at radius 2 is 2.07 bits per heavy atom. The van der Waals surface area contributed by atoms with Crippen LogP contribution in [0.4, 0.5) is 0 Å². The summed E-state index contributed by atoms with van der Waals surface area (Å²) >= 11 is 0. The molecule has 0 atom stereocenters. The number of rotatable bonds is 4. The smallest absolute Gasteiger partial charge is 0.0647 e. The molecule has 1 aromatic rings. The Labute approximate surface area is 91.3 Å². The summed E-state index contributed by atoms with van der Waals surface area (Å²) in [6.45, 7) is 5.39. The van der Waals surface area contributed by atoms with Gasteiger partial charge in [0.1, 0.15) is 0 Å². The lowest BCUT2D eigenvalue weighted by molar-refractivity contribution is 0.286. The van der Waals surface area contributed by atoms with E-state index in [9.17, 15) is 0 Å². The van der Waals surface area contributed by atoms with E-state index in [0.29, 0.717) is 12.0 Å². The van der Waals surface area contributed by atoms with E-state index in [1.165, 1.54) is 25.0 Å². The van der Waals surface area contributed by atoms with Crippen LogP contribution in [0.5, 0.6) is 0 Å². The Morgan fingerprint density at radius 1 is 1.33 bits per heavy atom. The van der Waals surface area contributed by atoms with Crippen LogP contribution in [0.2, 0.25) is 0 Å². The molecule has 0 aromatic carbocycles. The number of hydrogen-bond donors (Lipinski definition) is 1. The molecule has 1 N–H and O–H groups in total. The summed E-state index contributed by atoms with van der Waals surface area (Å²) in [5.41, 5.74) is 2.29.